The minimum Gasteiger partial charge on any atom is -0.478 e. The van der Waals surface area contributed by atoms with Gasteiger partial charge in [0, 0.05) is 24.1 Å². The van der Waals surface area contributed by atoms with Crippen LogP contribution in [0.4, 0.5) is 0 Å². The molecule has 0 aromatic heterocycles. The molecule has 3 aromatic carbocycles. The molecule has 3 rings (SSSR count). The molecular weight excluding hydrogens is 376 g/mol. The van der Waals surface area contributed by atoms with Crippen molar-refractivity contribution in [1.29, 1.82) is 5.26 Å². The van der Waals surface area contributed by atoms with E-state index in [2.05, 4.69) is 23.2 Å². The first-order valence-electron chi connectivity index (χ1n) is 9.23. The highest BCUT2D eigenvalue weighted by Gasteiger charge is 2.06. The summed E-state index contributed by atoms with van der Waals surface area (Å²) in [7, 11) is 0. The van der Waals surface area contributed by atoms with Crippen molar-refractivity contribution in [3.8, 4) is 17.9 Å². The van der Waals surface area contributed by atoms with Crippen molar-refractivity contribution >= 4 is 11.9 Å². The van der Waals surface area contributed by atoms with E-state index < -0.39 is 5.97 Å². The lowest BCUT2D eigenvalue weighted by Gasteiger charge is -2.06. The van der Waals surface area contributed by atoms with Crippen LogP contribution in [-0.4, -0.2) is 17.0 Å². The summed E-state index contributed by atoms with van der Waals surface area (Å²) in [5.41, 5.74) is 3.80. The van der Waals surface area contributed by atoms with E-state index in [4.69, 9.17) is 10.4 Å². The van der Waals surface area contributed by atoms with Gasteiger partial charge in [-0.2, -0.15) is 5.26 Å². The van der Waals surface area contributed by atoms with Crippen LogP contribution in [0, 0.1) is 23.2 Å². The SMILES string of the molecule is N#Cc1cccc(CC#Cc2cccc(C(=O)NCc3ccc(C(=O)O)cc3)c2)c1. The Bertz CT molecular complexity index is 1180. The number of rotatable bonds is 5. The van der Waals surface area contributed by atoms with Crippen LogP contribution in [0.2, 0.25) is 0 Å². The van der Waals surface area contributed by atoms with Gasteiger partial charge in [0.2, 0.25) is 0 Å². The molecule has 0 aliphatic rings. The molecule has 0 aliphatic heterocycles. The zero-order valence-corrected chi connectivity index (χ0v) is 16.1. The largest absolute Gasteiger partial charge is 0.478 e. The maximum Gasteiger partial charge on any atom is 0.335 e. The van der Waals surface area contributed by atoms with E-state index in [-0.39, 0.29) is 11.5 Å². The first-order valence-corrected chi connectivity index (χ1v) is 9.23. The van der Waals surface area contributed by atoms with Gasteiger partial charge in [-0.05, 0) is 53.6 Å². The standard InChI is InChI=1S/C25H18N2O3/c26-16-21-8-2-5-18(14-21)4-1-6-19-7-3-9-23(15-19)24(28)27-17-20-10-12-22(13-11-20)25(29)30/h2-3,5,7-15H,4,17H2,(H,27,28)(H,29,30). The van der Waals surface area contributed by atoms with Gasteiger partial charge in [-0.3, -0.25) is 4.79 Å². The number of nitrogens with one attached hydrogen (secondary N) is 1. The molecule has 0 bridgehead atoms. The minimum atomic E-state index is -0.985. The molecule has 0 spiro atoms. The number of carboxylic acid groups (broad SMARTS) is 1. The highest BCUT2D eigenvalue weighted by Crippen LogP contribution is 2.08. The molecule has 5 nitrogen and oxygen atoms in total. The first kappa shape index (κ1) is 20.4. The fourth-order valence-electron chi connectivity index (χ4n) is 2.79. The summed E-state index contributed by atoms with van der Waals surface area (Å²) in [6, 6.07) is 22.8. The molecule has 0 saturated heterocycles. The van der Waals surface area contributed by atoms with Gasteiger partial charge in [0.15, 0.2) is 0 Å². The highest BCUT2D eigenvalue weighted by atomic mass is 16.4. The number of aromatic carboxylic acids is 1. The maximum atomic E-state index is 12.4. The van der Waals surface area contributed by atoms with E-state index in [9.17, 15) is 9.59 Å². The van der Waals surface area contributed by atoms with Gasteiger partial charge in [0.25, 0.3) is 5.91 Å². The van der Waals surface area contributed by atoms with Gasteiger partial charge in [-0.1, -0.05) is 42.2 Å². The van der Waals surface area contributed by atoms with Gasteiger partial charge < -0.3 is 10.4 Å². The second-order valence-corrected chi connectivity index (χ2v) is 6.56. The molecule has 0 fully saturated rings. The molecule has 0 saturated carbocycles. The van der Waals surface area contributed by atoms with Crippen LogP contribution in [0.15, 0.2) is 72.8 Å². The summed E-state index contributed by atoms with van der Waals surface area (Å²) in [4.78, 5) is 23.3. The van der Waals surface area contributed by atoms with E-state index in [1.807, 2.05) is 24.3 Å². The third-order valence-electron chi connectivity index (χ3n) is 4.36. The van der Waals surface area contributed by atoms with E-state index in [1.165, 1.54) is 12.1 Å². The fourth-order valence-corrected chi connectivity index (χ4v) is 2.79. The van der Waals surface area contributed by atoms with Crippen LogP contribution in [0.1, 0.15) is 43.0 Å². The third kappa shape index (κ3) is 5.58. The average Bonchev–Trinajstić information content (AvgIpc) is 2.78. The minimum absolute atomic E-state index is 0.204. The molecule has 0 radical (unpaired) electrons. The van der Waals surface area contributed by atoms with Gasteiger partial charge in [-0.15, -0.1) is 0 Å². The van der Waals surface area contributed by atoms with Crippen LogP contribution in [-0.2, 0) is 13.0 Å². The molecule has 0 aliphatic carbocycles. The maximum absolute atomic E-state index is 12.4. The summed E-state index contributed by atoms with van der Waals surface area (Å²) >= 11 is 0. The van der Waals surface area contributed by atoms with Crippen LogP contribution >= 0.6 is 0 Å². The molecular formula is C25H18N2O3. The molecule has 5 heteroatoms. The molecule has 0 heterocycles. The topological polar surface area (TPSA) is 90.2 Å². The molecule has 0 unspecified atom stereocenters. The number of hydrogen-bond donors (Lipinski definition) is 2. The predicted molar refractivity (Wildman–Crippen MR) is 113 cm³/mol. The van der Waals surface area contributed by atoms with Crippen LogP contribution < -0.4 is 5.32 Å². The Morgan fingerprint density at radius 3 is 2.33 bits per heavy atom. The van der Waals surface area contributed by atoms with Crippen molar-refractivity contribution < 1.29 is 14.7 Å². The normalized spacial score (nSPS) is 9.70. The van der Waals surface area contributed by atoms with Crippen molar-refractivity contribution in [2.75, 3.05) is 0 Å². The van der Waals surface area contributed by atoms with Crippen molar-refractivity contribution in [1.82, 2.24) is 5.32 Å². The Hall–Kier alpha value is -4.35. The van der Waals surface area contributed by atoms with Crippen LogP contribution in [0.5, 0.6) is 0 Å². The summed E-state index contributed by atoms with van der Waals surface area (Å²) in [6.07, 6.45) is 0.512. The number of nitriles is 1. The molecule has 0 atom stereocenters. The lowest BCUT2D eigenvalue weighted by molar-refractivity contribution is 0.0696. The number of amides is 1. The third-order valence-corrected chi connectivity index (χ3v) is 4.36. The van der Waals surface area contributed by atoms with E-state index in [0.29, 0.717) is 24.1 Å². The van der Waals surface area contributed by atoms with Gasteiger partial charge >= 0.3 is 5.97 Å². The Morgan fingerprint density at radius 1 is 0.867 bits per heavy atom. The number of nitrogens with zero attached hydrogens (tertiary/aromatic N) is 1. The summed E-state index contributed by atoms with van der Waals surface area (Å²) in [6.45, 7) is 0.296. The van der Waals surface area contributed by atoms with Crippen molar-refractivity contribution in [3.05, 3.63) is 106 Å². The van der Waals surface area contributed by atoms with Crippen LogP contribution in [0.3, 0.4) is 0 Å². The van der Waals surface area contributed by atoms with Gasteiger partial charge in [-0.25, -0.2) is 4.79 Å². The Balaban J connectivity index is 1.61. The van der Waals surface area contributed by atoms with Crippen LogP contribution in [0.25, 0.3) is 0 Å². The lowest BCUT2D eigenvalue weighted by atomic mass is 10.1. The summed E-state index contributed by atoms with van der Waals surface area (Å²) in [5.74, 6) is 4.90. The number of carbonyl (C=O) groups is 2. The number of carbonyl (C=O) groups excluding carboxylic acids is 1. The zero-order chi connectivity index (χ0) is 21.3. The quantitative estimate of drug-likeness (QED) is 0.645. The fraction of sp³-hybridized carbons (Fsp3) is 0.0800. The summed E-state index contributed by atoms with van der Waals surface area (Å²) in [5, 5.41) is 20.7. The Kier molecular flexibility index (Phi) is 6.61. The van der Waals surface area contributed by atoms with Crippen molar-refractivity contribution in [2.45, 2.75) is 13.0 Å². The number of benzene rings is 3. The molecule has 3 aromatic rings. The first-order chi connectivity index (χ1) is 14.5. The summed E-state index contributed by atoms with van der Waals surface area (Å²) < 4.78 is 0. The molecule has 146 valence electrons. The average molecular weight is 394 g/mol. The second kappa shape index (κ2) is 9.73. The highest BCUT2D eigenvalue weighted by molar-refractivity contribution is 5.94. The van der Waals surface area contributed by atoms with Crippen molar-refractivity contribution in [3.63, 3.8) is 0 Å². The monoisotopic (exact) mass is 394 g/mol. The molecule has 1 amide bonds. The smallest absolute Gasteiger partial charge is 0.335 e. The van der Waals surface area contributed by atoms with E-state index in [0.717, 1.165) is 16.7 Å². The van der Waals surface area contributed by atoms with Gasteiger partial charge in [0.1, 0.15) is 0 Å². The van der Waals surface area contributed by atoms with E-state index in [1.54, 1.807) is 36.4 Å². The second-order valence-electron chi connectivity index (χ2n) is 6.56. The Morgan fingerprint density at radius 2 is 1.60 bits per heavy atom. The van der Waals surface area contributed by atoms with Gasteiger partial charge in [0.05, 0.1) is 17.2 Å². The number of carboxylic acids is 1. The van der Waals surface area contributed by atoms with Crippen molar-refractivity contribution in [2.24, 2.45) is 0 Å². The predicted octanol–water partition coefficient (Wildman–Crippen LogP) is 3.78. The zero-order valence-electron chi connectivity index (χ0n) is 16.1. The lowest BCUT2D eigenvalue weighted by Crippen LogP contribution is -2.22. The van der Waals surface area contributed by atoms with E-state index >= 15 is 0 Å². The number of hydrogen-bond acceptors (Lipinski definition) is 3. The molecule has 2 N–H and O–H groups in total. The molecule has 30 heavy (non-hydrogen) atoms. The Labute approximate surface area is 174 Å².